The Morgan fingerprint density at radius 1 is 1.73 bits per heavy atom. The number of carbonyl (C=O) groups is 1. The molecule has 0 rings (SSSR count). The van der Waals surface area contributed by atoms with Gasteiger partial charge in [-0.15, -0.1) is 0 Å². The van der Waals surface area contributed by atoms with Gasteiger partial charge in [0.15, 0.2) is 0 Å². The summed E-state index contributed by atoms with van der Waals surface area (Å²) in [7, 11) is 0. The summed E-state index contributed by atoms with van der Waals surface area (Å²) < 4.78 is 0. The Morgan fingerprint density at radius 3 is 2.82 bits per heavy atom. The van der Waals surface area contributed by atoms with Crippen LogP contribution in [-0.2, 0) is 4.79 Å². The first-order chi connectivity index (χ1) is 5.16. The van der Waals surface area contributed by atoms with Crippen molar-refractivity contribution in [3.63, 3.8) is 0 Å². The van der Waals surface area contributed by atoms with E-state index in [0.29, 0.717) is 0 Å². The molecule has 0 aliphatic rings. The van der Waals surface area contributed by atoms with Crippen molar-refractivity contribution in [3.8, 4) is 6.07 Å². The van der Waals surface area contributed by atoms with Crippen molar-refractivity contribution in [1.29, 1.82) is 5.26 Å². The Labute approximate surface area is 63.0 Å². The van der Waals surface area contributed by atoms with Crippen LogP contribution in [0.2, 0.25) is 0 Å². The van der Waals surface area contributed by atoms with E-state index in [1.54, 1.807) is 6.07 Å². The van der Waals surface area contributed by atoms with Gasteiger partial charge < -0.3 is 5.32 Å². The van der Waals surface area contributed by atoms with Crippen molar-refractivity contribution in [2.75, 3.05) is 13.1 Å². The van der Waals surface area contributed by atoms with E-state index in [1.165, 1.54) is 0 Å². The van der Waals surface area contributed by atoms with E-state index in [9.17, 15) is 14.9 Å². The van der Waals surface area contributed by atoms with Gasteiger partial charge in [0.25, 0.3) is 12.5 Å². The molecule has 0 atom stereocenters. The zero-order valence-electron chi connectivity index (χ0n) is 5.74. The molecule has 0 heterocycles. The van der Waals surface area contributed by atoms with Crippen molar-refractivity contribution < 1.29 is 9.72 Å². The molecule has 0 aliphatic carbocycles. The number of nitriles is 1. The topological polar surface area (TPSA) is 96.0 Å². The van der Waals surface area contributed by atoms with Gasteiger partial charge in [-0.2, -0.15) is 5.26 Å². The zero-order chi connectivity index (χ0) is 8.69. The summed E-state index contributed by atoms with van der Waals surface area (Å²) in [6.45, 7) is -0.561. The lowest BCUT2D eigenvalue weighted by Gasteiger charge is -1.95. The van der Waals surface area contributed by atoms with Crippen molar-refractivity contribution in [2.24, 2.45) is 0 Å². The van der Waals surface area contributed by atoms with Crippen LogP contribution in [0.5, 0.6) is 0 Å². The maximum Gasteiger partial charge on any atom is 0.291 e. The van der Waals surface area contributed by atoms with Gasteiger partial charge in [-0.05, 0) is 0 Å². The predicted molar refractivity (Wildman–Crippen MR) is 35.1 cm³/mol. The van der Waals surface area contributed by atoms with E-state index in [4.69, 9.17) is 5.26 Å². The first kappa shape index (κ1) is 9.36. The van der Waals surface area contributed by atoms with Crippen LogP contribution in [0.4, 0.5) is 0 Å². The Bertz CT molecular complexity index is 196. The van der Waals surface area contributed by atoms with Gasteiger partial charge in [-0.3, -0.25) is 14.9 Å². The molecule has 0 unspecified atom stereocenters. The number of carbonyl (C=O) groups excluding carboxylic acids is 1. The van der Waals surface area contributed by atoms with E-state index in [2.05, 4.69) is 5.32 Å². The average Bonchev–Trinajstić information content (AvgIpc) is 1.86. The second kappa shape index (κ2) is 5.17. The number of nitro groups is 1. The standard InChI is InChI=1S/C5H7N3O3/c6-2-1-3-7-5(9)4-8(10)11/h1,3-4H2,(H,7,9). The SMILES string of the molecule is N#CCCNC(=O)C[N+](=O)[O-]. The molecule has 0 bridgehead atoms. The summed E-state index contributed by atoms with van der Waals surface area (Å²) in [5.74, 6) is -0.662. The third kappa shape index (κ3) is 6.24. The minimum Gasteiger partial charge on any atom is -0.349 e. The average molecular weight is 157 g/mol. The van der Waals surface area contributed by atoms with Crippen molar-refractivity contribution >= 4 is 5.91 Å². The highest BCUT2D eigenvalue weighted by atomic mass is 16.6. The highest BCUT2D eigenvalue weighted by Crippen LogP contribution is 1.73. The maximum atomic E-state index is 10.5. The Kier molecular flexibility index (Phi) is 4.40. The second-order valence-corrected chi connectivity index (χ2v) is 1.75. The number of nitrogens with one attached hydrogen (secondary N) is 1. The van der Waals surface area contributed by atoms with Crippen LogP contribution >= 0.6 is 0 Å². The summed E-state index contributed by atoms with van der Waals surface area (Å²) in [6, 6.07) is 1.79. The van der Waals surface area contributed by atoms with Crippen LogP contribution in [0.25, 0.3) is 0 Å². The molecular formula is C5H7N3O3. The molecule has 6 heteroatoms. The van der Waals surface area contributed by atoms with Gasteiger partial charge in [-0.1, -0.05) is 0 Å². The molecule has 11 heavy (non-hydrogen) atoms. The molecule has 0 spiro atoms. The van der Waals surface area contributed by atoms with E-state index in [0.717, 1.165) is 0 Å². The van der Waals surface area contributed by atoms with Crippen LogP contribution in [0.15, 0.2) is 0 Å². The Hall–Kier alpha value is -1.64. The summed E-state index contributed by atoms with van der Waals surface area (Å²) >= 11 is 0. The number of rotatable bonds is 4. The van der Waals surface area contributed by atoms with Crippen LogP contribution < -0.4 is 5.32 Å². The van der Waals surface area contributed by atoms with Gasteiger partial charge in [0.1, 0.15) is 0 Å². The molecule has 60 valence electrons. The molecule has 0 aromatic carbocycles. The smallest absolute Gasteiger partial charge is 0.291 e. The van der Waals surface area contributed by atoms with Crippen molar-refractivity contribution in [1.82, 2.24) is 5.32 Å². The molecule has 0 aromatic rings. The van der Waals surface area contributed by atoms with Crippen LogP contribution in [0.3, 0.4) is 0 Å². The summed E-state index contributed by atoms with van der Waals surface area (Å²) in [6.07, 6.45) is 0.170. The lowest BCUT2D eigenvalue weighted by atomic mass is 10.4. The van der Waals surface area contributed by atoms with E-state index in [1.807, 2.05) is 0 Å². The molecule has 0 saturated heterocycles. The highest BCUT2D eigenvalue weighted by Gasteiger charge is 2.06. The number of hydrogen-bond donors (Lipinski definition) is 1. The van der Waals surface area contributed by atoms with E-state index >= 15 is 0 Å². The quantitative estimate of drug-likeness (QED) is 0.331. The molecule has 0 aromatic heterocycles. The fourth-order valence-electron chi connectivity index (χ4n) is 0.431. The van der Waals surface area contributed by atoms with E-state index in [-0.39, 0.29) is 13.0 Å². The minimum atomic E-state index is -0.731. The molecule has 0 radical (unpaired) electrons. The minimum absolute atomic E-state index is 0.170. The normalized spacial score (nSPS) is 8.27. The van der Waals surface area contributed by atoms with Gasteiger partial charge >= 0.3 is 0 Å². The molecule has 1 N–H and O–H groups in total. The van der Waals surface area contributed by atoms with Crippen LogP contribution in [0, 0.1) is 21.4 Å². The number of nitrogens with zero attached hydrogens (tertiary/aromatic N) is 2. The van der Waals surface area contributed by atoms with Crippen LogP contribution in [-0.4, -0.2) is 23.9 Å². The zero-order valence-corrected chi connectivity index (χ0v) is 5.74. The predicted octanol–water partition coefficient (Wildman–Crippen LogP) is -0.707. The number of hydrogen-bond acceptors (Lipinski definition) is 4. The largest absolute Gasteiger partial charge is 0.349 e. The van der Waals surface area contributed by atoms with Crippen molar-refractivity contribution in [3.05, 3.63) is 10.1 Å². The van der Waals surface area contributed by atoms with Gasteiger partial charge in [0.05, 0.1) is 12.5 Å². The number of amides is 1. The second-order valence-electron chi connectivity index (χ2n) is 1.75. The molecule has 0 fully saturated rings. The highest BCUT2D eigenvalue weighted by molar-refractivity contribution is 5.76. The fraction of sp³-hybridized carbons (Fsp3) is 0.600. The monoisotopic (exact) mass is 157 g/mol. The summed E-state index contributed by atoms with van der Waals surface area (Å²) in [5.41, 5.74) is 0. The maximum absolute atomic E-state index is 10.5. The fourth-order valence-corrected chi connectivity index (χ4v) is 0.431. The first-order valence-corrected chi connectivity index (χ1v) is 2.92. The Morgan fingerprint density at radius 2 is 2.36 bits per heavy atom. The van der Waals surface area contributed by atoms with Gasteiger partial charge in [-0.25, -0.2) is 0 Å². The van der Waals surface area contributed by atoms with Gasteiger partial charge in [0, 0.05) is 11.5 Å². The summed E-state index contributed by atoms with van der Waals surface area (Å²) in [4.78, 5) is 19.5. The third-order valence-corrected chi connectivity index (χ3v) is 0.832. The summed E-state index contributed by atoms with van der Waals surface area (Å²) in [5, 5.41) is 20.0. The van der Waals surface area contributed by atoms with Crippen molar-refractivity contribution in [2.45, 2.75) is 6.42 Å². The van der Waals surface area contributed by atoms with E-state index < -0.39 is 17.4 Å². The van der Waals surface area contributed by atoms with Gasteiger partial charge in [0.2, 0.25) is 0 Å². The molecule has 0 aliphatic heterocycles. The van der Waals surface area contributed by atoms with Crippen LogP contribution in [0.1, 0.15) is 6.42 Å². The molecule has 6 nitrogen and oxygen atoms in total. The lowest BCUT2D eigenvalue weighted by molar-refractivity contribution is -0.467. The molecule has 0 saturated carbocycles. The molecule has 1 amide bonds. The lowest BCUT2D eigenvalue weighted by Crippen LogP contribution is -2.30. The first-order valence-electron chi connectivity index (χ1n) is 2.92. The third-order valence-electron chi connectivity index (χ3n) is 0.832. The Balaban J connectivity index is 3.39. The molecular weight excluding hydrogens is 150 g/mol.